The van der Waals surface area contributed by atoms with E-state index in [1.54, 1.807) is 7.05 Å². The highest BCUT2D eigenvalue weighted by Gasteiger charge is 2.17. The summed E-state index contributed by atoms with van der Waals surface area (Å²) in [6.07, 6.45) is 2.55. The van der Waals surface area contributed by atoms with Crippen molar-refractivity contribution in [3.63, 3.8) is 0 Å². The molecule has 0 unspecified atom stereocenters. The molecule has 0 N–H and O–H groups in total. The third-order valence-electron chi connectivity index (χ3n) is 2.73. The molecule has 2 rings (SSSR count). The number of Topliss-reactive ketones (excluding diaryl/α,β-unsaturated/α-hetero) is 2. The van der Waals surface area contributed by atoms with Crippen molar-refractivity contribution in [3.05, 3.63) is 57.9 Å². The third-order valence-corrected chi connectivity index (χ3v) is 2.73. The number of non-ortho nitro benzene ring substituents is 1. The molecule has 7 heteroatoms. The van der Waals surface area contributed by atoms with Gasteiger partial charge in [-0.3, -0.25) is 24.4 Å². The summed E-state index contributed by atoms with van der Waals surface area (Å²) >= 11 is 0. The van der Waals surface area contributed by atoms with Gasteiger partial charge >= 0.3 is 0 Å². The first-order valence-electron chi connectivity index (χ1n) is 5.77. The fourth-order valence-electron chi connectivity index (χ4n) is 1.71. The number of aromatic nitrogens is 2. The molecule has 2 aromatic rings. The van der Waals surface area contributed by atoms with E-state index in [2.05, 4.69) is 5.10 Å². The van der Waals surface area contributed by atoms with Crippen LogP contribution in [0.1, 0.15) is 27.1 Å². The Morgan fingerprint density at radius 2 is 2.00 bits per heavy atom. The normalized spacial score (nSPS) is 10.2. The lowest BCUT2D eigenvalue weighted by atomic mass is 10.0. The summed E-state index contributed by atoms with van der Waals surface area (Å²) in [4.78, 5) is 33.8. The third kappa shape index (κ3) is 2.94. The number of rotatable bonds is 5. The number of carbonyl (C=O) groups excluding carboxylic acids is 2. The number of benzene rings is 1. The van der Waals surface area contributed by atoms with Crippen molar-refractivity contribution in [2.75, 3.05) is 0 Å². The Balaban J connectivity index is 2.14. The topological polar surface area (TPSA) is 95.1 Å². The number of ketones is 2. The smallest absolute Gasteiger partial charge is 0.270 e. The standard InChI is InChI=1S/C13H11N3O4/c1-15-8-10(7-14-15)13(18)6-12(17)9-3-2-4-11(5-9)16(19)20/h2-5,7-8H,6H2,1H3. The van der Waals surface area contributed by atoms with Gasteiger partial charge in [0.05, 0.1) is 23.1 Å². The van der Waals surface area contributed by atoms with E-state index in [1.807, 2.05) is 0 Å². The van der Waals surface area contributed by atoms with Crippen LogP contribution in [0.2, 0.25) is 0 Å². The zero-order valence-electron chi connectivity index (χ0n) is 10.6. The maximum atomic E-state index is 11.9. The van der Waals surface area contributed by atoms with Gasteiger partial charge in [-0.05, 0) is 0 Å². The first-order chi connectivity index (χ1) is 9.47. The van der Waals surface area contributed by atoms with E-state index in [0.29, 0.717) is 5.56 Å². The number of nitrogens with zero attached hydrogens (tertiary/aromatic N) is 3. The fraction of sp³-hybridized carbons (Fsp3) is 0.154. The Hall–Kier alpha value is -2.83. The molecule has 0 amide bonds. The molecule has 7 nitrogen and oxygen atoms in total. The van der Waals surface area contributed by atoms with Crippen molar-refractivity contribution < 1.29 is 14.5 Å². The van der Waals surface area contributed by atoms with Crippen LogP contribution in [0.25, 0.3) is 0 Å². The summed E-state index contributed by atoms with van der Waals surface area (Å²) in [6.45, 7) is 0. The van der Waals surface area contributed by atoms with Crippen LogP contribution in [-0.4, -0.2) is 26.3 Å². The van der Waals surface area contributed by atoms with Gasteiger partial charge in [-0.2, -0.15) is 5.10 Å². The van der Waals surface area contributed by atoms with Crippen molar-refractivity contribution in [1.29, 1.82) is 0 Å². The number of aryl methyl sites for hydroxylation is 1. The van der Waals surface area contributed by atoms with Crippen LogP contribution in [0.3, 0.4) is 0 Å². The highest BCUT2D eigenvalue weighted by atomic mass is 16.6. The minimum atomic E-state index is -0.584. The van der Waals surface area contributed by atoms with Crippen molar-refractivity contribution in [3.8, 4) is 0 Å². The van der Waals surface area contributed by atoms with E-state index in [-0.39, 0.29) is 23.5 Å². The van der Waals surface area contributed by atoms with Crippen molar-refractivity contribution >= 4 is 17.3 Å². The molecule has 1 heterocycles. The average molecular weight is 273 g/mol. The summed E-state index contributed by atoms with van der Waals surface area (Å²) in [6, 6.07) is 5.32. The molecular formula is C13H11N3O4. The van der Waals surface area contributed by atoms with Crippen LogP contribution >= 0.6 is 0 Å². The molecule has 0 spiro atoms. The maximum Gasteiger partial charge on any atom is 0.270 e. The monoisotopic (exact) mass is 273 g/mol. The summed E-state index contributed by atoms with van der Waals surface area (Å²) in [7, 11) is 1.67. The number of nitro groups is 1. The molecule has 1 aromatic carbocycles. The largest absolute Gasteiger partial charge is 0.294 e. The van der Waals surface area contributed by atoms with E-state index in [4.69, 9.17) is 0 Å². The van der Waals surface area contributed by atoms with Gasteiger partial charge < -0.3 is 0 Å². The van der Waals surface area contributed by atoms with E-state index >= 15 is 0 Å². The first kappa shape index (κ1) is 13.6. The summed E-state index contributed by atoms with van der Waals surface area (Å²) in [5.41, 5.74) is 0.312. The summed E-state index contributed by atoms with van der Waals surface area (Å²) < 4.78 is 1.46. The molecule has 0 bridgehead atoms. The second-order valence-corrected chi connectivity index (χ2v) is 4.23. The quantitative estimate of drug-likeness (QED) is 0.358. The Bertz CT molecular complexity index is 690. The molecule has 0 fully saturated rings. The molecule has 20 heavy (non-hydrogen) atoms. The molecule has 1 aromatic heterocycles. The molecule has 102 valence electrons. The summed E-state index contributed by atoms with van der Waals surface area (Å²) in [5.74, 6) is -0.822. The van der Waals surface area contributed by atoms with Crippen LogP contribution in [0.5, 0.6) is 0 Å². The number of nitro benzene ring substituents is 1. The predicted octanol–water partition coefficient (Wildman–Crippen LogP) is 1.78. The zero-order valence-corrected chi connectivity index (χ0v) is 10.6. The van der Waals surface area contributed by atoms with Crippen LogP contribution in [-0.2, 0) is 7.05 Å². The Morgan fingerprint density at radius 3 is 2.60 bits per heavy atom. The van der Waals surface area contributed by atoms with Gasteiger partial charge in [0.1, 0.15) is 0 Å². The lowest BCUT2D eigenvalue weighted by molar-refractivity contribution is -0.384. The second-order valence-electron chi connectivity index (χ2n) is 4.23. The van der Waals surface area contributed by atoms with E-state index in [9.17, 15) is 19.7 Å². The van der Waals surface area contributed by atoms with Gasteiger partial charge in [0.2, 0.25) is 0 Å². The Morgan fingerprint density at radius 1 is 1.30 bits per heavy atom. The van der Waals surface area contributed by atoms with Crippen LogP contribution in [0, 0.1) is 10.1 Å². The molecule has 0 radical (unpaired) electrons. The lowest BCUT2D eigenvalue weighted by Gasteiger charge is -1.99. The maximum absolute atomic E-state index is 11.9. The van der Waals surface area contributed by atoms with Gasteiger partial charge in [0.25, 0.3) is 5.69 Å². The Kier molecular flexibility index (Phi) is 3.69. The van der Waals surface area contributed by atoms with Gasteiger partial charge in [0, 0.05) is 30.9 Å². The highest BCUT2D eigenvalue weighted by molar-refractivity contribution is 6.13. The first-order valence-corrected chi connectivity index (χ1v) is 5.77. The van der Waals surface area contributed by atoms with Crippen molar-refractivity contribution in [2.45, 2.75) is 6.42 Å². The fourth-order valence-corrected chi connectivity index (χ4v) is 1.71. The summed E-state index contributed by atoms with van der Waals surface area (Å²) in [5, 5.41) is 14.5. The molecule has 0 saturated heterocycles. The molecule has 0 aliphatic rings. The van der Waals surface area contributed by atoms with E-state index < -0.39 is 10.7 Å². The van der Waals surface area contributed by atoms with Crippen molar-refractivity contribution in [1.82, 2.24) is 9.78 Å². The molecule has 0 aliphatic heterocycles. The molecule has 0 aliphatic carbocycles. The highest BCUT2D eigenvalue weighted by Crippen LogP contribution is 2.15. The van der Waals surface area contributed by atoms with Crippen LogP contribution < -0.4 is 0 Å². The number of hydrogen-bond donors (Lipinski definition) is 0. The van der Waals surface area contributed by atoms with Crippen molar-refractivity contribution in [2.24, 2.45) is 7.05 Å². The zero-order chi connectivity index (χ0) is 14.7. The minimum absolute atomic E-state index is 0.149. The van der Waals surface area contributed by atoms with Gasteiger partial charge in [0.15, 0.2) is 11.6 Å². The van der Waals surface area contributed by atoms with Gasteiger partial charge in [-0.1, -0.05) is 12.1 Å². The van der Waals surface area contributed by atoms with Gasteiger partial charge in [-0.25, -0.2) is 0 Å². The SMILES string of the molecule is Cn1cc(C(=O)CC(=O)c2cccc([N+](=O)[O-])c2)cn1. The average Bonchev–Trinajstić information content (AvgIpc) is 2.85. The second kappa shape index (κ2) is 5.43. The number of carbonyl (C=O) groups is 2. The molecule has 0 saturated carbocycles. The van der Waals surface area contributed by atoms with E-state index in [0.717, 1.165) is 0 Å². The van der Waals surface area contributed by atoms with E-state index in [1.165, 1.54) is 41.3 Å². The molecule has 0 atom stereocenters. The number of hydrogen-bond acceptors (Lipinski definition) is 5. The molecular weight excluding hydrogens is 262 g/mol. The minimum Gasteiger partial charge on any atom is -0.294 e. The Labute approximate surface area is 114 Å². The lowest BCUT2D eigenvalue weighted by Crippen LogP contribution is -2.08. The van der Waals surface area contributed by atoms with Crippen LogP contribution in [0.4, 0.5) is 5.69 Å². The predicted molar refractivity (Wildman–Crippen MR) is 69.6 cm³/mol. The van der Waals surface area contributed by atoms with Crippen LogP contribution in [0.15, 0.2) is 36.7 Å². The van der Waals surface area contributed by atoms with Gasteiger partial charge in [-0.15, -0.1) is 0 Å².